The third-order valence-corrected chi connectivity index (χ3v) is 6.05. The molecule has 0 saturated carbocycles. The van der Waals surface area contributed by atoms with E-state index in [0.717, 1.165) is 17.7 Å². The van der Waals surface area contributed by atoms with Gasteiger partial charge in [-0.2, -0.15) is 0 Å². The van der Waals surface area contributed by atoms with Gasteiger partial charge in [-0.3, -0.25) is 9.59 Å². The third kappa shape index (κ3) is 4.42. The van der Waals surface area contributed by atoms with Gasteiger partial charge in [0, 0.05) is 30.5 Å². The first-order chi connectivity index (χ1) is 13.3. The first kappa shape index (κ1) is 20.1. The molecule has 1 saturated heterocycles. The predicted molar refractivity (Wildman–Crippen MR) is 108 cm³/mol. The third-order valence-electron chi connectivity index (χ3n) is 4.92. The number of nitrogens with zero attached hydrogens (tertiary/aromatic N) is 1. The highest BCUT2D eigenvalue weighted by Gasteiger charge is 2.23. The molecule has 2 aromatic carbocycles. The van der Waals surface area contributed by atoms with Crippen LogP contribution >= 0.6 is 0 Å². The molecule has 0 aromatic heterocycles. The Morgan fingerprint density at radius 3 is 2.46 bits per heavy atom. The van der Waals surface area contributed by atoms with E-state index in [9.17, 15) is 18.0 Å². The molecule has 0 unspecified atom stereocenters. The summed E-state index contributed by atoms with van der Waals surface area (Å²) < 4.78 is 23.2. The lowest BCUT2D eigenvalue weighted by Gasteiger charge is -2.19. The standard InChI is InChI=1S/C21H24N2O4S/c1-3-19(15-9-11-18(12-10-15)28(2,26)27)22-21(25)16-6-4-7-17(14-16)23-13-5-8-20(23)24/h4,6-7,9-12,14,19H,3,5,8,13H2,1-2H3,(H,22,25)/t19-/m0/s1. The van der Waals surface area contributed by atoms with E-state index in [4.69, 9.17) is 0 Å². The molecule has 1 aliphatic heterocycles. The quantitative estimate of drug-likeness (QED) is 0.808. The molecule has 1 fully saturated rings. The van der Waals surface area contributed by atoms with Gasteiger partial charge >= 0.3 is 0 Å². The molecule has 28 heavy (non-hydrogen) atoms. The van der Waals surface area contributed by atoms with Gasteiger partial charge in [0.1, 0.15) is 0 Å². The van der Waals surface area contributed by atoms with Crippen molar-refractivity contribution in [2.24, 2.45) is 0 Å². The van der Waals surface area contributed by atoms with Crippen LogP contribution in [0.5, 0.6) is 0 Å². The Hall–Kier alpha value is -2.67. The van der Waals surface area contributed by atoms with Crippen molar-refractivity contribution >= 4 is 27.3 Å². The van der Waals surface area contributed by atoms with Gasteiger partial charge in [0.25, 0.3) is 5.91 Å². The van der Waals surface area contributed by atoms with Crippen LogP contribution in [0.2, 0.25) is 0 Å². The normalized spacial score (nSPS) is 15.5. The Labute approximate surface area is 165 Å². The molecule has 2 aromatic rings. The first-order valence-electron chi connectivity index (χ1n) is 9.31. The summed E-state index contributed by atoms with van der Waals surface area (Å²) in [7, 11) is -3.26. The molecule has 1 heterocycles. The molecule has 148 valence electrons. The molecule has 0 radical (unpaired) electrons. The summed E-state index contributed by atoms with van der Waals surface area (Å²) in [6.07, 6.45) is 3.20. The maximum absolute atomic E-state index is 12.8. The number of carbonyl (C=O) groups is 2. The molecule has 0 aliphatic carbocycles. The Bertz CT molecular complexity index is 984. The van der Waals surface area contributed by atoms with Crippen LogP contribution in [0.3, 0.4) is 0 Å². The van der Waals surface area contributed by atoms with Gasteiger partial charge in [-0.25, -0.2) is 8.42 Å². The summed E-state index contributed by atoms with van der Waals surface area (Å²) >= 11 is 0. The largest absolute Gasteiger partial charge is 0.345 e. The van der Waals surface area contributed by atoms with Crippen LogP contribution in [0, 0.1) is 0 Å². The molecular weight excluding hydrogens is 376 g/mol. The highest BCUT2D eigenvalue weighted by molar-refractivity contribution is 7.90. The molecule has 7 heteroatoms. The van der Waals surface area contributed by atoms with Crippen molar-refractivity contribution in [1.29, 1.82) is 0 Å². The van der Waals surface area contributed by atoms with Crippen molar-refractivity contribution in [3.8, 4) is 0 Å². The average molecular weight is 401 g/mol. The van der Waals surface area contributed by atoms with Gasteiger partial charge in [0.15, 0.2) is 9.84 Å². The topological polar surface area (TPSA) is 83.6 Å². The Balaban J connectivity index is 1.76. The minimum Gasteiger partial charge on any atom is -0.345 e. The molecule has 0 spiro atoms. The summed E-state index contributed by atoms with van der Waals surface area (Å²) in [4.78, 5) is 26.7. The molecule has 2 amide bonds. The lowest BCUT2D eigenvalue weighted by atomic mass is 10.0. The van der Waals surface area contributed by atoms with Crippen LogP contribution in [0.25, 0.3) is 0 Å². The molecule has 6 nitrogen and oxygen atoms in total. The fraction of sp³-hybridized carbons (Fsp3) is 0.333. The number of nitrogens with one attached hydrogen (secondary N) is 1. The number of rotatable bonds is 6. The zero-order chi connectivity index (χ0) is 20.3. The van der Waals surface area contributed by atoms with Crippen molar-refractivity contribution in [1.82, 2.24) is 5.32 Å². The van der Waals surface area contributed by atoms with Crippen molar-refractivity contribution < 1.29 is 18.0 Å². The number of amides is 2. The average Bonchev–Trinajstić information content (AvgIpc) is 3.11. The number of hydrogen-bond acceptors (Lipinski definition) is 4. The summed E-state index contributed by atoms with van der Waals surface area (Å²) in [5.74, 6) is -0.150. The van der Waals surface area contributed by atoms with E-state index in [1.54, 1.807) is 47.4 Å². The highest BCUT2D eigenvalue weighted by Crippen LogP contribution is 2.24. The van der Waals surface area contributed by atoms with E-state index < -0.39 is 9.84 Å². The molecule has 3 rings (SSSR count). The van der Waals surface area contributed by atoms with E-state index in [-0.39, 0.29) is 22.8 Å². The van der Waals surface area contributed by atoms with Gasteiger partial charge < -0.3 is 10.2 Å². The molecule has 1 aliphatic rings. The SMILES string of the molecule is CC[C@H](NC(=O)c1cccc(N2CCCC2=O)c1)c1ccc(S(C)(=O)=O)cc1. The number of sulfone groups is 1. The van der Waals surface area contributed by atoms with Crippen molar-refractivity contribution in [3.05, 3.63) is 59.7 Å². The van der Waals surface area contributed by atoms with E-state index >= 15 is 0 Å². The summed E-state index contributed by atoms with van der Waals surface area (Å²) in [6.45, 7) is 2.63. The lowest BCUT2D eigenvalue weighted by molar-refractivity contribution is -0.117. The fourth-order valence-electron chi connectivity index (χ4n) is 3.35. The van der Waals surface area contributed by atoms with Crippen LogP contribution in [0.4, 0.5) is 5.69 Å². The highest BCUT2D eigenvalue weighted by atomic mass is 32.2. The van der Waals surface area contributed by atoms with Gasteiger partial charge in [0.05, 0.1) is 10.9 Å². The van der Waals surface area contributed by atoms with Crippen LogP contribution in [0.1, 0.15) is 48.1 Å². The van der Waals surface area contributed by atoms with Crippen molar-refractivity contribution in [2.45, 2.75) is 37.1 Å². The van der Waals surface area contributed by atoms with E-state index in [2.05, 4.69) is 5.32 Å². The maximum atomic E-state index is 12.8. The van der Waals surface area contributed by atoms with E-state index in [1.807, 2.05) is 13.0 Å². The second-order valence-corrected chi connectivity index (χ2v) is 8.99. The van der Waals surface area contributed by atoms with Crippen molar-refractivity contribution in [2.75, 3.05) is 17.7 Å². The Morgan fingerprint density at radius 1 is 1.18 bits per heavy atom. The monoisotopic (exact) mass is 400 g/mol. The minimum absolute atomic E-state index is 0.0787. The summed E-state index contributed by atoms with van der Waals surface area (Å²) in [6, 6.07) is 13.4. The predicted octanol–water partition coefficient (Wildman–Crippen LogP) is 3.10. The van der Waals surface area contributed by atoms with Crippen LogP contribution < -0.4 is 10.2 Å². The fourth-order valence-corrected chi connectivity index (χ4v) is 3.98. The van der Waals surface area contributed by atoms with Gasteiger partial charge in [-0.15, -0.1) is 0 Å². The second-order valence-electron chi connectivity index (χ2n) is 6.97. The molecule has 1 N–H and O–H groups in total. The second kappa shape index (κ2) is 8.14. The van der Waals surface area contributed by atoms with Gasteiger partial charge in [-0.05, 0) is 48.7 Å². The Morgan fingerprint density at radius 2 is 1.89 bits per heavy atom. The maximum Gasteiger partial charge on any atom is 0.251 e. The number of hydrogen-bond donors (Lipinski definition) is 1. The summed E-state index contributed by atoms with van der Waals surface area (Å²) in [5, 5.41) is 2.99. The Kier molecular flexibility index (Phi) is 5.84. The summed E-state index contributed by atoms with van der Waals surface area (Å²) in [5.41, 5.74) is 2.07. The van der Waals surface area contributed by atoms with Crippen molar-refractivity contribution in [3.63, 3.8) is 0 Å². The van der Waals surface area contributed by atoms with Gasteiger partial charge in [0.2, 0.25) is 5.91 Å². The minimum atomic E-state index is -3.26. The molecule has 1 atom stereocenters. The van der Waals surface area contributed by atoms with E-state index in [1.165, 1.54) is 6.26 Å². The van der Waals surface area contributed by atoms with Crippen LogP contribution in [0.15, 0.2) is 53.4 Å². The number of anilines is 1. The number of benzene rings is 2. The lowest BCUT2D eigenvalue weighted by Crippen LogP contribution is -2.29. The smallest absolute Gasteiger partial charge is 0.251 e. The van der Waals surface area contributed by atoms with Gasteiger partial charge in [-0.1, -0.05) is 25.1 Å². The molecular formula is C21H24N2O4S. The van der Waals surface area contributed by atoms with E-state index in [0.29, 0.717) is 24.9 Å². The van der Waals surface area contributed by atoms with Crippen LogP contribution in [-0.4, -0.2) is 33.0 Å². The number of carbonyl (C=O) groups excluding carboxylic acids is 2. The molecule has 0 bridgehead atoms. The van der Waals surface area contributed by atoms with Crippen LogP contribution in [-0.2, 0) is 14.6 Å². The first-order valence-corrected chi connectivity index (χ1v) is 11.2. The zero-order valence-corrected chi connectivity index (χ0v) is 16.8. The zero-order valence-electron chi connectivity index (χ0n) is 16.0.